The second-order valence-electron chi connectivity index (χ2n) is 6.49. The Kier molecular flexibility index (Phi) is 3.94. The van der Waals surface area contributed by atoms with Gasteiger partial charge < -0.3 is 19.2 Å². The lowest BCUT2D eigenvalue weighted by atomic mass is 10.1. The zero-order valence-corrected chi connectivity index (χ0v) is 15.0. The molecule has 28 heavy (non-hydrogen) atoms. The van der Waals surface area contributed by atoms with E-state index in [1.165, 1.54) is 0 Å². The first-order valence-corrected chi connectivity index (χ1v) is 9.01. The third kappa shape index (κ3) is 3.05. The number of ether oxygens (including phenoxy) is 2. The van der Waals surface area contributed by atoms with Crippen molar-refractivity contribution in [1.82, 2.24) is 9.38 Å². The summed E-state index contributed by atoms with van der Waals surface area (Å²) in [6.07, 6.45) is 3.78. The molecule has 6 nitrogen and oxygen atoms in total. The summed E-state index contributed by atoms with van der Waals surface area (Å²) in [7, 11) is 0. The van der Waals surface area contributed by atoms with Crippen molar-refractivity contribution in [2.24, 2.45) is 0 Å². The van der Waals surface area contributed by atoms with E-state index < -0.39 is 0 Å². The lowest BCUT2D eigenvalue weighted by Crippen LogP contribution is -2.15. The van der Waals surface area contributed by atoms with E-state index in [-0.39, 0.29) is 5.91 Å². The standard InChI is InChI=1S/C22H17N3O3/c26-22(15-4-2-1-3-5-15)23-17-7-9-21-24-18(14-25(21)13-17)16-6-8-19-20(12-16)28-11-10-27-19/h1-9,12-14H,10-11H2,(H,23,26). The molecule has 5 rings (SSSR count). The van der Waals surface area contributed by atoms with Gasteiger partial charge >= 0.3 is 0 Å². The number of fused-ring (bicyclic) bond motifs is 2. The van der Waals surface area contributed by atoms with Crippen LogP contribution in [0.4, 0.5) is 5.69 Å². The van der Waals surface area contributed by atoms with Gasteiger partial charge in [-0.15, -0.1) is 0 Å². The number of aromatic nitrogens is 2. The lowest BCUT2D eigenvalue weighted by molar-refractivity contribution is 0.102. The van der Waals surface area contributed by atoms with Crippen LogP contribution in [0.3, 0.4) is 0 Å². The van der Waals surface area contributed by atoms with Crippen LogP contribution in [0.5, 0.6) is 11.5 Å². The Morgan fingerprint density at radius 2 is 1.75 bits per heavy atom. The fourth-order valence-corrected chi connectivity index (χ4v) is 3.20. The van der Waals surface area contributed by atoms with Crippen LogP contribution in [0.1, 0.15) is 10.4 Å². The SMILES string of the molecule is O=C(Nc1ccc2nc(-c3ccc4c(c3)OCCO4)cn2c1)c1ccccc1. The molecular weight excluding hydrogens is 354 g/mol. The Hall–Kier alpha value is -3.80. The van der Waals surface area contributed by atoms with Gasteiger partial charge in [0, 0.05) is 23.5 Å². The van der Waals surface area contributed by atoms with Gasteiger partial charge in [0.15, 0.2) is 11.5 Å². The van der Waals surface area contributed by atoms with E-state index in [0.717, 1.165) is 28.4 Å². The molecule has 0 atom stereocenters. The minimum atomic E-state index is -0.146. The third-order valence-electron chi connectivity index (χ3n) is 4.58. The summed E-state index contributed by atoms with van der Waals surface area (Å²) in [4.78, 5) is 17.0. The van der Waals surface area contributed by atoms with Crippen LogP contribution in [0.2, 0.25) is 0 Å². The maximum absolute atomic E-state index is 12.4. The number of nitrogens with one attached hydrogen (secondary N) is 1. The topological polar surface area (TPSA) is 64.9 Å². The van der Waals surface area contributed by atoms with Crippen LogP contribution < -0.4 is 14.8 Å². The van der Waals surface area contributed by atoms with Gasteiger partial charge in [-0.05, 0) is 42.5 Å². The van der Waals surface area contributed by atoms with Gasteiger partial charge in [0.25, 0.3) is 5.91 Å². The number of nitrogens with zero attached hydrogens (tertiary/aromatic N) is 2. The molecule has 138 valence electrons. The number of rotatable bonds is 3. The van der Waals surface area contributed by atoms with Gasteiger partial charge in [-0.2, -0.15) is 0 Å². The summed E-state index contributed by atoms with van der Waals surface area (Å²) >= 11 is 0. The first-order chi connectivity index (χ1) is 13.8. The number of benzene rings is 2. The molecule has 1 aliphatic rings. The van der Waals surface area contributed by atoms with Gasteiger partial charge in [-0.1, -0.05) is 18.2 Å². The number of anilines is 1. The second kappa shape index (κ2) is 6.74. The fraction of sp³-hybridized carbons (Fsp3) is 0.0909. The summed E-state index contributed by atoms with van der Waals surface area (Å²) < 4.78 is 13.1. The normalized spacial score (nSPS) is 12.7. The summed E-state index contributed by atoms with van der Waals surface area (Å²) in [6, 6.07) is 18.7. The van der Waals surface area contributed by atoms with Gasteiger partial charge in [-0.25, -0.2) is 4.98 Å². The molecule has 0 fully saturated rings. The van der Waals surface area contributed by atoms with Crippen molar-refractivity contribution in [2.45, 2.75) is 0 Å². The molecule has 1 aliphatic heterocycles. The number of pyridine rings is 1. The minimum absolute atomic E-state index is 0.146. The zero-order valence-electron chi connectivity index (χ0n) is 15.0. The Labute approximate surface area is 161 Å². The van der Waals surface area contributed by atoms with Crippen molar-refractivity contribution in [2.75, 3.05) is 18.5 Å². The molecule has 0 bridgehead atoms. The Balaban J connectivity index is 1.43. The monoisotopic (exact) mass is 371 g/mol. The van der Waals surface area contributed by atoms with Crippen molar-refractivity contribution in [3.63, 3.8) is 0 Å². The fourth-order valence-electron chi connectivity index (χ4n) is 3.20. The van der Waals surface area contributed by atoms with E-state index >= 15 is 0 Å². The van der Waals surface area contributed by atoms with Crippen LogP contribution >= 0.6 is 0 Å². The largest absolute Gasteiger partial charge is 0.486 e. The maximum atomic E-state index is 12.4. The number of carbonyl (C=O) groups excluding carboxylic acids is 1. The maximum Gasteiger partial charge on any atom is 0.255 e. The zero-order chi connectivity index (χ0) is 18.9. The van der Waals surface area contributed by atoms with Gasteiger partial charge in [0.1, 0.15) is 18.9 Å². The second-order valence-corrected chi connectivity index (χ2v) is 6.49. The summed E-state index contributed by atoms with van der Waals surface area (Å²) in [6.45, 7) is 1.12. The highest BCUT2D eigenvalue weighted by molar-refractivity contribution is 6.04. The summed E-state index contributed by atoms with van der Waals surface area (Å²) in [5.41, 5.74) is 3.88. The number of imidazole rings is 1. The molecule has 1 amide bonds. The Bertz CT molecular complexity index is 1170. The highest BCUT2D eigenvalue weighted by atomic mass is 16.6. The molecule has 1 N–H and O–H groups in total. The molecule has 0 spiro atoms. The van der Waals surface area contributed by atoms with E-state index in [1.807, 2.05) is 65.3 Å². The van der Waals surface area contributed by atoms with Crippen molar-refractivity contribution in [3.8, 4) is 22.8 Å². The lowest BCUT2D eigenvalue weighted by Gasteiger charge is -2.18. The van der Waals surface area contributed by atoms with E-state index in [2.05, 4.69) is 10.3 Å². The van der Waals surface area contributed by atoms with Crippen molar-refractivity contribution >= 4 is 17.2 Å². The van der Waals surface area contributed by atoms with Crippen molar-refractivity contribution in [3.05, 3.63) is 78.6 Å². The van der Waals surface area contributed by atoms with E-state index in [1.54, 1.807) is 12.1 Å². The third-order valence-corrected chi connectivity index (χ3v) is 4.58. The van der Waals surface area contributed by atoms with Crippen LogP contribution in [0, 0.1) is 0 Å². The number of hydrogen-bond donors (Lipinski definition) is 1. The summed E-state index contributed by atoms with van der Waals surface area (Å²) in [5, 5.41) is 2.92. The van der Waals surface area contributed by atoms with Crippen molar-refractivity contribution < 1.29 is 14.3 Å². The van der Waals surface area contributed by atoms with Crippen LogP contribution in [0.25, 0.3) is 16.9 Å². The van der Waals surface area contributed by atoms with Gasteiger partial charge in [0.05, 0.1) is 11.4 Å². The molecule has 3 heterocycles. The average Bonchev–Trinajstić information content (AvgIpc) is 3.17. The Morgan fingerprint density at radius 3 is 2.61 bits per heavy atom. The molecule has 0 saturated carbocycles. The van der Waals surface area contributed by atoms with Gasteiger partial charge in [-0.3, -0.25) is 4.79 Å². The van der Waals surface area contributed by atoms with E-state index in [4.69, 9.17) is 9.47 Å². The molecule has 0 unspecified atom stereocenters. The average molecular weight is 371 g/mol. The Morgan fingerprint density at radius 1 is 0.929 bits per heavy atom. The molecule has 2 aromatic heterocycles. The van der Waals surface area contributed by atoms with Crippen molar-refractivity contribution in [1.29, 1.82) is 0 Å². The number of carbonyl (C=O) groups is 1. The minimum Gasteiger partial charge on any atom is -0.486 e. The predicted molar refractivity (Wildman–Crippen MR) is 106 cm³/mol. The molecule has 6 heteroatoms. The number of hydrogen-bond acceptors (Lipinski definition) is 4. The quantitative estimate of drug-likeness (QED) is 0.591. The smallest absolute Gasteiger partial charge is 0.255 e. The summed E-state index contributed by atoms with van der Waals surface area (Å²) in [5.74, 6) is 1.34. The van der Waals surface area contributed by atoms with E-state index in [9.17, 15) is 4.79 Å². The van der Waals surface area contributed by atoms with Crippen LogP contribution in [-0.2, 0) is 0 Å². The molecule has 0 saturated heterocycles. The van der Waals surface area contributed by atoms with Crippen LogP contribution in [-0.4, -0.2) is 28.5 Å². The predicted octanol–water partition coefficient (Wildman–Crippen LogP) is 4.02. The molecule has 0 aliphatic carbocycles. The van der Waals surface area contributed by atoms with Crippen LogP contribution in [0.15, 0.2) is 73.1 Å². The first kappa shape index (κ1) is 16.4. The number of amides is 1. The highest BCUT2D eigenvalue weighted by Gasteiger charge is 2.14. The molecule has 0 radical (unpaired) electrons. The highest BCUT2D eigenvalue weighted by Crippen LogP contribution is 2.34. The molecule has 4 aromatic rings. The molecular formula is C22H17N3O3. The van der Waals surface area contributed by atoms with Gasteiger partial charge in [0.2, 0.25) is 0 Å². The van der Waals surface area contributed by atoms with E-state index in [0.29, 0.717) is 24.5 Å². The molecule has 2 aromatic carbocycles. The first-order valence-electron chi connectivity index (χ1n) is 9.01.